The van der Waals surface area contributed by atoms with Crippen LogP contribution in [-0.2, 0) is 4.74 Å². The SMILES string of the molecule is CCOC(=O)c1nc2ccccc2n(C2CC3CCC(C2)N3C2CCCCCCC2)c1=O. The zero-order chi connectivity index (χ0) is 22.1. The Hall–Kier alpha value is -2.21. The molecule has 1 aromatic carbocycles. The lowest BCUT2D eigenvalue weighted by atomic mass is 9.89. The fourth-order valence-electron chi connectivity index (χ4n) is 6.57. The summed E-state index contributed by atoms with van der Waals surface area (Å²) in [6.07, 6.45) is 13.9. The van der Waals surface area contributed by atoms with Crippen LogP contribution in [0.25, 0.3) is 11.0 Å². The first-order valence-electron chi connectivity index (χ1n) is 12.6. The van der Waals surface area contributed by atoms with Gasteiger partial charge in [-0.3, -0.25) is 9.69 Å². The van der Waals surface area contributed by atoms with E-state index >= 15 is 0 Å². The summed E-state index contributed by atoms with van der Waals surface area (Å²) in [6, 6.07) is 9.57. The van der Waals surface area contributed by atoms with Gasteiger partial charge in [-0.1, -0.05) is 44.2 Å². The molecule has 1 aliphatic carbocycles. The Bertz CT molecular complexity index is 1010. The maximum Gasteiger partial charge on any atom is 0.362 e. The average Bonchev–Trinajstić information content (AvgIpc) is 3.02. The molecule has 0 radical (unpaired) electrons. The standard InChI is InChI=1S/C26H35N3O3/c1-2-32-26(31)24-25(30)29(23-13-9-8-12-22(23)27-24)21-16-19-14-15-20(17-21)28(19)18-10-6-4-3-5-7-11-18/h8-9,12-13,18-21H,2-7,10-11,14-17H2,1H3. The third kappa shape index (κ3) is 3.98. The highest BCUT2D eigenvalue weighted by molar-refractivity contribution is 5.89. The Kier molecular flexibility index (Phi) is 6.31. The van der Waals surface area contributed by atoms with Crippen LogP contribution in [0.2, 0.25) is 0 Å². The van der Waals surface area contributed by atoms with E-state index in [1.807, 2.05) is 28.8 Å². The van der Waals surface area contributed by atoms with Crippen LogP contribution in [0.15, 0.2) is 29.1 Å². The van der Waals surface area contributed by atoms with Crippen molar-refractivity contribution in [3.8, 4) is 0 Å². The lowest BCUT2D eigenvalue weighted by Gasteiger charge is -2.45. The summed E-state index contributed by atoms with van der Waals surface area (Å²) in [5, 5.41) is 0. The highest BCUT2D eigenvalue weighted by atomic mass is 16.5. The van der Waals surface area contributed by atoms with Gasteiger partial charge in [-0.15, -0.1) is 0 Å². The second-order valence-corrected chi connectivity index (χ2v) is 9.80. The smallest absolute Gasteiger partial charge is 0.362 e. The number of nitrogens with zero attached hydrogens (tertiary/aromatic N) is 3. The van der Waals surface area contributed by atoms with E-state index in [1.165, 1.54) is 57.8 Å². The summed E-state index contributed by atoms with van der Waals surface area (Å²) < 4.78 is 7.02. The molecule has 6 heteroatoms. The summed E-state index contributed by atoms with van der Waals surface area (Å²) in [4.78, 5) is 33.2. The third-order valence-corrected chi connectivity index (χ3v) is 7.89. The minimum Gasteiger partial charge on any atom is -0.461 e. The number of rotatable bonds is 4. The number of para-hydroxylation sites is 2. The summed E-state index contributed by atoms with van der Waals surface area (Å²) in [5.74, 6) is -0.619. The summed E-state index contributed by atoms with van der Waals surface area (Å²) in [7, 11) is 0. The third-order valence-electron chi connectivity index (χ3n) is 7.89. The molecule has 2 saturated heterocycles. The quantitative estimate of drug-likeness (QED) is 0.640. The van der Waals surface area contributed by atoms with E-state index in [4.69, 9.17) is 4.74 Å². The highest BCUT2D eigenvalue weighted by Gasteiger charge is 2.44. The first-order chi connectivity index (χ1) is 15.7. The lowest BCUT2D eigenvalue weighted by Crippen LogP contribution is -2.50. The fourth-order valence-corrected chi connectivity index (χ4v) is 6.57. The zero-order valence-electron chi connectivity index (χ0n) is 19.2. The topological polar surface area (TPSA) is 64.4 Å². The number of carbonyl (C=O) groups is 1. The minimum atomic E-state index is -0.619. The van der Waals surface area contributed by atoms with E-state index in [-0.39, 0.29) is 23.9 Å². The highest BCUT2D eigenvalue weighted by Crippen LogP contribution is 2.44. The number of carbonyl (C=O) groups excluding carboxylic acids is 1. The molecule has 2 unspecified atom stereocenters. The number of benzene rings is 1. The molecule has 32 heavy (non-hydrogen) atoms. The molecule has 2 bridgehead atoms. The molecular weight excluding hydrogens is 402 g/mol. The second kappa shape index (κ2) is 9.34. The molecule has 0 spiro atoms. The van der Waals surface area contributed by atoms with Gasteiger partial charge < -0.3 is 9.30 Å². The summed E-state index contributed by atoms with van der Waals surface area (Å²) in [5.41, 5.74) is 1.13. The Morgan fingerprint density at radius 1 is 0.938 bits per heavy atom. The van der Waals surface area contributed by atoms with Gasteiger partial charge in [0.05, 0.1) is 17.6 Å². The fraction of sp³-hybridized carbons (Fsp3) is 0.654. The number of ether oxygens (including phenoxy) is 1. The largest absolute Gasteiger partial charge is 0.461 e. The monoisotopic (exact) mass is 437 g/mol. The normalized spacial score (nSPS) is 27.2. The van der Waals surface area contributed by atoms with Crippen molar-refractivity contribution in [2.24, 2.45) is 0 Å². The van der Waals surface area contributed by atoms with Crippen LogP contribution >= 0.6 is 0 Å². The molecular formula is C26H35N3O3. The Balaban J connectivity index is 1.47. The van der Waals surface area contributed by atoms with Crippen molar-refractivity contribution in [1.82, 2.24) is 14.5 Å². The van der Waals surface area contributed by atoms with Crippen LogP contribution in [-0.4, -0.2) is 45.2 Å². The van der Waals surface area contributed by atoms with Gasteiger partial charge in [0.2, 0.25) is 5.69 Å². The zero-order valence-corrected chi connectivity index (χ0v) is 19.2. The minimum absolute atomic E-state index is 0.0830. The Morgan fingerprint density at radius 3 is 2.28 bits per heavy atom. The molecule has 3 aliphatic rings. The van der Waals surface area contributed by atoms with Crippen molar-refractivity contribution in [2.75, 3.05) is 6.61 Å². The number of piperidine rings is 1. The summed E-state index contributed by atoms with van der Waals surface area (Å²) in [6.45, 7) is 1.98. The molecule has 2 atom stereocenters. The van der Waals surface area contributed by atoms with Crippen LogP contribution in [0.3, 0.4) is 0 Å². The van der Waals surface area contributed by atoms with E-state index in [1.54, 1.807) is 6.92 Å². The van der Waals surface area contributed by atoms with Crippen molar-refractivity contribution < 1.29 is 9.53 Å². The molecule has 0 amide bonds. The number of aromatic nitrogens is 2. The maximum atomic E-state index is 13.5. The predicted octanol–water partition coefficient (Wildman–Crippen LogP) is 4.85. The van der Waals surface area contributed by atoms with Crippen molar-refractivity contribution >= 4 is 17.0 Å². The molecule has 0 N–H and O–H groups in total. The van der Waals surface area contributed by atoms with Gasteiger partial charge in [0, 0.05) is 24.2 Å². The predicted molar refractivity (Wildman–Crippen MR) is 125 cm³/mol. The van der Waals surface area contributed by atoms with Gasteiger partial charge in [-0.2, -0.15) is 0 Å². The molecule has 3 heterocycles. The number of fused-ring (bicyclic) bond motifs is 3. The van der Waals surface area contributed by atoms with Crippen LogP contribution in [0.5, 0.6) is 0 Å². The van der Waals surface area contributed by atoms with Gasteiger partial charge in [-0.25, -0.2) is 9.78 Å². The molecule has 6 nitrogen and oxygen atoms in total. The number of esters is 1. The second-order valence-electron chi connectivity index (χ2n) is 9.80. The molecule has 172 valence electrons. The lowest BCUT2D eigenvalue weighted by molar-refractivity contribution is 0.0483. The van der Waals surface area contributed by atoms with Gasteiger partial charge in [0.25, 0.3) is 5.56 Å². The van der Waals surface area contributed by atoms with Crippen LogP contribution in [0, 0.1) is 0 Å². The van der Waals surface area contributed by atoms with Crippen molar-refractivity contribution in [3.05, 3.63) is 40.3 Å². The van der Waals surface area contributed by atoms with Gasteiger partial charge in [0.1, 0.15) is 0 Å². The maximum absolute atomic E-state index is 13.5. The van der Waals surface area contributed by atoms with Gasteiger partial charge >= 0.3 is 5.97 Å². The van der Waals surface area contributed by atoms with E-state index in [2.05, 4.69) is 9.88 Å². The van der Waals surface area contributed by atoms with Crippen molar-refractivity contribution in [3.63, 3.8) is 0 Å². The first kappa shape index (κ1) is 21.6. The molecule has 1 aromatic heterocycles. The number of hydrogen-bond donors (Lipinski definition) is 0. The van der Waals surface area contributed by atoms with Crippen LogP contribution in [0.4, 0.5) is 0 Å². The van der Waals surface area contributed by atoms with Crippen LogP contribution < -0.4 is 5.56 Å². The Labute approximate surface area is 190 Å². The molecule has 2 aromatic rings. The summed E-state index contributed by atoms with van der Waals surface area (Å²) >= 11 is 0. The molecule has 3 fully saturated rings. The average molecular weight is 438 g/mol. The van der Waals surface area contributed by atoms with Crippen LogP contribution in [0.1, 0.15) is 94.1 Å². The van der Waals surface area contributed by atoms with Gasteiger partial charge in [0.15, 0.2) is 0 Å². The Morgan fingerprint density at radius 2 is 1.59 bits per heavy atom. The molecule has 1 saturated carbocycles. The van der Waals surface area contributed by atoms with E-state index in [0.717, 1.165) is 18.4 Å². The van der Waals surface area contributed by atoms with E-state index in [9.17, 15) is 9.59 Å². The van der Waals surface area contributed by atoms with E-state index < -0.39 is 5.97 Å². The van der Waals surface area contributed by atoms with Crippen molar-refractivity contribution in [1.29, 1.82) is 0 Å². The van der Waals surface area contributed by atoms with Gasteiger partial charge in [-0.05, 0) is 57.6 Å². The molecule has 2 aliphatic heterocycles. The van der Waals surface area contributed by atoms with Crippen molar-refractivity contribution in [2.45, 2.75) is 102 Å². The van der Waals surface area contributed by atoms with E-state index in [0.29, 0.717) is 23.6 Å². The first-order valence-corrected chi connectivity index (χ1v) is 12.6. The number of hydrogen-bond acceptors (Lipinski definition) is 5. The molecule has 5 rings (SSSR count).